The summed E-state index contributed by atoms with van der Waals surface area (Å²) in [5.74, 6) is 0.219. The minimum absolute atomic E-state index is 0.00588. The maximum Gasteiger partial charge on any atom is 0.329 e. The van der Waals surface area contributed by atoms with Gasteiger partial charge in [-0.25, -0.2) is 9.78 Å². The van der Waals surface area contributed by atoms with Gasteiger partial charge in [0.25, 0.3) is 5.56 Å². The monoisotopic (exact) mass is 736 g/mol. The van der Waals surface area contributed by atoms with Crippen LogP contribution in [0, 0.1) is 0 Å². The van der Waals surface area contributed by atoms with Gasteiger partial charge in [0.1, 0.15) is 12.9 Å². The minimum Gasteiger partial charge on any atom is -0.489 e. The maximum absolute atomic E-state index is 12.7. The minimum atomic E-state index is -0.152. The number of aliphatic hydroxyl groups excluding tert-OH is 1. The van der Waals surface area contributed by atoms with Crippen molar-refractivity contribution >= 4 is 74.8 Å². The second-order valence-electron chi connectivity index (χ2n) is 10.5. The Labute approximate surface area is 298 Å². The number of pyridine rings is 1. The number of carbonyl (C=O) groups excluding carboxylic acids is 1. The second kappa shape index (κ2) is 17.2. The number of nitrogens with zero attached hydrogens (tertiary/aromatic N) is 4. The molecule has 1 amide bonds. The van der Waals surface area contributed by atoms with E-state index in [1.807, 2.05) is 43.3 Å². The molecule has 0 aliphatic heterocycles. The Balaban J connectivity index is 0.000000213. The highest BCUT2D eigenvalue weighted by molar-refractivity contribution is 6.42. The molecule has 0 spiro atoms. The van der Waals surface area contributed by atoms with Crippen LogP contribution in [-0.4, -0.2) is 56.5 Å². The molecule has 248 valence electrons. The molecule has 2 heterocycles. The van der Waals surface area contributed by atoms with Crippen LogP contribution in [0.2, 0.25) is 25.1 Å². The molecule has 0 saturated heterocycles. The Morgan fingerprint density at radius 1 is 0.957 bits per heavy atom. The number of aliphatic hydroxyl groups is 1. The van der Waals surface area contributed by atoms with Crippen molar-refractivity contribution in [3.63, 3.8) is 0 Å². The van der Waals surface area contributed by atoms with Crippen LogP contribution in [0.3, 0.4) is 0 Å². The molecule has 0 aliphatic carbocycles. The second-order valence-corrected chi connectivity index (χ2v) is 12.6. The third kappa shape index (κ3) is 9.22. The molecule has 0 radical (unpaired) electrons. The van der Waals surface area contributed by atoms with E-state index in [2.05, 4.69) is 4.98 Å². The number of ether oxygens (including phenoxy) is 1. The molecular weight excluding hydrogens is 706 g/mol. The van der Waals surface area contributed by atoms with Gasteiger partial charge < -0.3 is 19.3 Å². The highest BCUT2D eigenvalue weighted by Gasteiger charge is 2.20. The first-order chi connectivity index (χ1) is 22.5. The Morgan fingerprint density at radius 3 is 2.32 bits per heavy atom. The standard InChI is InChI=1S/C19H17Cl2NO2.C15H16Cl3N3O2/c1-22-18(11-12-4-2-3-5-15(12)19(22)24)14(8-9-23)13-6-7-16(20)17(21)10-13;1-2-4-20(15(22)21-5-3-19-10-21)6-7-23-14-12(17)8-11(16)9-13(14)18/h2-7,10-11,14,23H,8-9H2,1H3;3,5,8-10H,2,4,6-7H2,1H3. The molecular formula is C34H33Cl5N4O4. The molecule has 8 nitrogen and oxygen atoms in total. The van der Waals surface area contributed by atoms with Crippen LogP contribution < -0.4 is 10.3 Å². The maximum atomic E-state index is 12.7. The Bertz CT molecular complexity index is 1860. The number of imidazole rings is 1. The van der Waals surface area contributed by atoms with Crippen molar-refractivity contribution < 1.29 is 14.6 Å². The fourth-order valence-electron chi connectivity index (χ4n) is 5.08. The van der Waals surface area contributed by atoms with Crippen molar-refractivity contribution in [3.8, 4) is 5.75 Å². The zero-order chi connectivity index (χ0) is 34.1. The summed E-state index contributed by atoms with van der Waals surface area (Å²) in [7, 11) is 1.76. The van der Waals surface area contributed by atoms with Crippen LogP contribution in [0.5, 0.6) is 5.75 Å². The van der Waals surface area contributed by atoms with E-state index in [4.69, 9.17) is 62.7 Å². The van der Waals surface area contributed by atoms with E-state index in [0.29, 0.717) is 55.8 Å². The van der Waals surface area contributed by atoms with Crippen LogP contribution in [-0.2, 0) is 7.05 Å². The summed E-state index contributed by atoms with van der Waals surface area (Å²) in [5.41, 5.74) is 1.71. The zero-order valence-electron chi connectivity index (χ0n) is 25.7. The summed E-state index contributed by atoms with van der Waals surface area (Å²) in [6, 6.07) is 17.9. The molecule has 1 atom stereocenters. The molecule has 2 aromatic heterocycles. The lowest BCUT2D eigenvalue weighted by molar-refractivity contribution is 0.184. The average molecular weight is 739 g/mol. The topological polar surface area (TPSA) is 89.6 Å². The Hall–Kier alpha value is -3.24. The van der Waals surface area contributed by atoms with Crippen molar-refractivity contribution in [2.75, 3.05) is 26.3 Å². The van der Waals surface area contributed by atoms with Gasteiger partial charge in [-0.05, 0) is 60.2 Å². The van der Waals surface area contributed by atoms with Gasteiger partial charge in [-0.1, -0.05) is 89.2 Å². The van der Waals surface area contributed by atoms with E-state index in [9.17, 15) is 14.7 Å². The van der Waals surface area contributed by atoms with E-state index in [1.54, 1.807) is 53.2 Å². The third-order valence-electron chi connectivity index (χ3n) is 7.37. The van der Waals surface area contributed by atoms with Crippen molar-refractivity contribution in [3.05, 3.63) is 126 Å². The summed E-state index contributed by atoms with van der Waals surface area (Å²) in [6.07, 6.45) is 5.97. The molecule has 0 bridgehead atoms. The first kappa shape index (κ1) is 36.6. The van der Waals surface area contributed by atoms with Crippen molar-refractivity contribution in [2.24, 2.45) is 7.05 Å². The molecule has 47 heavy (non-hydrogen) atoms. The number of aromatic nitrogens is 3. The molecule has 5 rings (SSSR count). The summed E-state index contributed by atoms with van der Waals surface area (Å²) in [4.78, 5) is 30.6. The molecule has 0 aliphatic rings. The number of fused-ring (bicyclic) bond motifs is 1. The smallest absolute Gasteiger partial charge is 0.329 e. The molecule has 1 N–H and O–H groups in total. The number of amides is 1. The van der Waals surface area contributed by atoms with Gasteiger partial charge in [-0.3, -0.25) is 9.36 Å². The number of halogens is 5. The van der Waals surface area contributed by atoms with Crippen LogP contribution in [0.4, 0.5) is 4.79 Å². The van der Waals surface area contributed by atoms with Crippen LogP contribution in [0.1, 0.15) is 36.9 Å². The summed E-state index contributed by atoms with van der Waals surface area (Å²) in [6.45, 7) is 3.29. The van der Waals surface area contributed by atoms with Gasteiger partial charge in [0, 0.05) is 54.6 Å². The SMILES string of the molecule is CCCN(CCOc1c(Cl)cc(Cl)cc1Cl)C(=O)n1ccnc1.Cn1c(C(CCO)c2ccc(Cl)c(Cl)c2)cc2ccccc2c1=O. The first-order valence-corrected chi connectivity index (χ1v) is 16.6. The molecule has 3 aromatic carbocycles. The van der Waals surface area contributed by atoms with Gasteiger partial charge in [-0.15, -0.1) is 0 Å². The number of benzene rings is 3. The predicted octanol–water partition coefficient (Wildman–Crippen LogP) is 8.96. The lowest BCUT2D eigenvalue weighted by Crippen LogP contribution is -2.37. The molecule has 5 aromatic rings. The average Bonchev–Trinajstić information content (AvgIpc) is 3.59. The first-order valence-electron chi connectivity index (χ1n) is 14.7. The fourth-order valence-corrected chi connectivity index (χ4v) is 6.32. The normalized spacial score (nSPS) is 11.6. The van der Waals surface area contributed by atoms with Crippen molar-refractivity contribution in [1.82, 2.24) is 19.0 Å². The largest absolute Gasteiger partial charge is 0.489 e. The lowest BCUT2D eigenvalue weighted by Gasteiger charge is -2.22. The lowest BCUT2D eigenvalue weighted by atomic mass is 9.91. The van der Waals surface area contributed by atoms with Crippen molar-refractivity contribution in [1.29, 1.82) is 0 Å². The number of hydrogen-bond acceptors (Lipinski definition) is 5. The van der Waals surface area contributed by atoms with E-state index in [0.717, 1.165) is 23.1 Å². The highest BCUT2D eigenvalue weighted by atomic mass is 35.5. The number of carbonyl (C=O) groups is 1. The van der Waals surface area contributed by atoms with Crippen molar-refractivity contribution in [2.45, 2.75) is 25.7 Å². The quantitative estimate of drug-likeness (QED) is 0.155. The summed E-state index contributed by atoms with van der Waals surface area (Å²) in [5, 5.41) is 13.1. The number of hydrogen-bond donors (Lipinski definition) is 1. The zero-order valence-corrected chi connectivity index (χ0v) is 29.5. The molecule has 13 heteroatoms. The molecule has 0 saturated carbocycles. The van der Waals surface area contributed by atoms with Gasteiger partial charge >= 0.3 is 6.03 Å². The fraction of sp³-hybridized carbons (Fsp3) is 0.265. The third-order valence-corrected chi connectivity index (χ3v) is 8.89. The summed E-state index contributed by atoms with van der Waals surface area (Å²) < 4.78 is 8.70. The highest BCUT2D eigenvalue weighted by Crippen LogP contribution is 2.36. The van der Waals surface area contributed by atoms with E-state index in [-0.39, 0.29) is 30.7 Å². The van der Waals surface area contributed by atoms with Gasteiger partial charge in [0.2, 0.25) is 0 Å². The summed E-state index contributed by atoms with van der Waals surface area (Å²) >= 11 is 30.2. The van der Waals surface area contributed by atoms with E-state index < -0.39 is 0 Å². The van der Waals surface area contributed by atoms with Gasteiger partial charge in [0.05, 0.1) is 26.6 Å². The van der Waals surface area contributed by atoms with Crippen LogP contribution in [0.25, 0.3) is 10.8 Å². The molecule has 0 fully saturated rings. The molecule has 1 unspecified atom stereocenters. The van der Waals surface area contributed by atoms with E-state index >= 15 is 0 Å². The Kier molecular flexibility index (Phi) is 13.4. The van der Waals surface area contributed by atoms with Gasteiger partial charge in [0.15, 0.2) is 5.75 Å². The number of rotatable bonds is 10. The Morgan fingerprint density at radius 2 is 1.68 bits per heavy atom. The van der Waals surface area contributed by atoms with E-state index in [1.165, 1.54) is 10.9 Å². The van der Waals surface area contributed by atoms with Crippen LogP contribution >= 0.6 is 58.0 Å². The van der Waals surface area contributed by atoms with Crippen LogP contribution in [0.15, 0.2) is 84.2 Å². The van der Waals surface area contributed by atoms with Gasteiger partial charge in [-0.2, -0.15) is 0 Å². The predicted molar refractivity (Wildman–Crippen MR) is 191 cm³/mol.